The number of hydrogen-bond acceptors (Lipinski definition) is 3. The van der Waals surface area contributed by atoms with Gasteiger partial charge < -0.3 is 15.5 Å². The maximum Gasteiger partial charge on any atom is 0.220 e. The molecule has 4 heteroatoms. The standard InChI is InChI=1S/C55H101NO3/c1-3-5-7-9-11-13-15-17-19-21-22-23-24-25-26-27-28-29-30-31-32-33-34-35-37-39-41-43-45-47-49-51-55(59)56-53(52-57)54(58)50-48-46-44-42-40-38-36-20-18-16-14-12-10-8-6-4-2/h5,7,11,13,17,19,22-23,48,50,53-54,57-58H,3-4,6,8-10,12,14-16,18,20-21,24-47,49,51-52H2,1-2H3,(H,56,59)/b7-5-,13-11-,19-17-,23-22-,50-48+. The largest absolute Gasteiger partial charge is 0.394 e. The van der Waals surface area contributed by atoms with Crippen molar-refractivity contribution >= 4 is 5.91 Å². The van der Waals surface area contributed by atoms with Gasteiger partial charge in [-0.1, -0.05) is 261 Å². The number of aliphatic hydroxyl groups excluding tert-OH is 2. The van der Waals surface area contributed by atoms with Gasteiger partial charge in [-0.05, 0) is 57.8 Å². The Morgan fingerprint density at radius 1 is 0.424 bits per heavy atom. The summed E-state index contributed by atoms with van der Waals surface area (Å²) in [5.74, 6) is -0.0624. The van der Waals surface area contributed by atoms with Crippen molar-refractivity contribution in [2.45, 2.75) is 276 Å². The third kappa shape index (κ3) is 47.0. The average Bonchev–Trinajstić information content (AvgIpc) is 3.24. The molecule has 0 spiro atoms. The number of carbonyl (C=O) groups excluding carboxylic acids is 1. The molecule has 0 aliphatic rings. The highest BCUT2D eigenvalue weighted by Gasteiger charge is 2.18. The summed E-state index contributed by atoms with van der Waals surface area (Å²) in [7, 11) is 0. The summed E-state index contributed by atoms with van der Waals surface area (Å²) < 4.78 is 0. The van der Waals surface area contributed by atoms with Gasteiger partial charge in [-0.2, -0.15) is 0 Å². The molecule has 1 amide bonds. The van der Waals surface area contributed by atoms with Gasteiger partial charge in [-0.25, -0.2) is 0 Å². The van der Waals surface area contributed by atoms with Gasteiger partial charge >= 0.3 is 0 Å². The van der Waals surface area contributed by atoms with Gasteiger partial charge in [0.25, 0.3) is 0 Å². The van der Waals surface area contributed by atoms with Crippen molar-refractivity contribution in [1.82, 2.24) is 5.32 Å². The molecule has 344 valence electrons. The maximum absolute atomic E-state index is 12.4. The van der Waals surface area contributed by atoms with Crippen LogP contribution in [0.2, 0.25) is 0 Å². The van der Waals surface area contributed by atoms with E-state index < -0.39 is 12.1 Å². The Balaban J connectivity index is 3.48. The van der Waals surface area contributed by atoms with Gasteiger partial charge in [0.1, 0.15) is 0 Å². The van der Waals surface area contributed by atoms with E-state index in [-0.39, 0.29) is 12.5 Å². The van der Waals surface area contributed by atoms with Gasteiger partial charge in [0, 0.05) is 6.42 Å². The number of amides is 1. The molecule has 0 rings (SSSR count). The predicted molar refractivity (Wildman–Crippen MR) is 262 cm³/mol. The van der Waals surface area contributed by atoms with E-state index in [1.54, 1.807) is 6.08 Å². The van der Waals surface area contributed by atoms with Crippen LogP contribution in [-0.2, 0) is 4.79 Å². The van der Waals surface area contributed by atoms with Crippen molar-refractivity contribution in [3.8, 4) is 0 Å². The number of hydrogen-bond donors (Lipinski definition) is 3. The highest BCUT2D eigenvalue weighted by atomic mass is 16.3. The first kappa shape index (κ1) is 57.1. The normalized spacial score (nSPS) is 13.4. The van der Waals surface area contributed by atoms with Crippen LogP contribution in [0, 0.1) is 0 Å². The third-order valence-corrected chi connectivity index (χ3v) is 11.8. The van der Waals surface area contributed by atoms with E-state index in [0.717, 1.165) is 51.4 Å². The summed E-state index contributed by atoms with van der Waals surface area (Å²) in [6.45, 7) is 4.21. The molecule has 0 aromatic heterocycles. The van der Waals surface area contributed by atoms with Crippen molar-refractivity contribution in [3.63, 3.8) is 0 Å². The smallest absolute Gasteiger partial charge is 0.220 e. The fourth-order valence-electron chi connectivity index (χ4n) is 7.82. The minimum absolute atomic E-state index is 0.0624. The summed E-state index contributed by atoms with van der Waals surface area (Å²) in [6, 6.07) is -0.622. The molecule has 0 fully saturated rings. The lowest BCUT2D eigenvalue weighted by Crippen LogP contribution is -2.45. The molecule has 0 aliphatic heterocycles. The van der Waals surface area contributed by atoms with E-state index in [9.17, 15) is 15.0 Å². The average molecular weight is 824 g/mol. The number of nitrogens with one attached hydrogen (secondary N) is 1. The molecule has 0 heterocycles. The molecule has 0 radical (unpaired) electrons. The van der Waals surface area contributed by atoms with E-state index in [1.807, 2.05) is 6.08 Å². The molecule has 3 N–H and O–H groups in total. The zero-order valence-electron chi connectivity index (χ0n) is 39.5. The molecule has 2 atom stereocenters. The second-order valence-corrected chi connectivity index (χ2v) is 17.6. The molecule has 0 aliphatic carbocycles. The van der Waals surface area contributed by atoms with Gasteiger partial charge in [0.05, 0.1) is 18.8 Å². The monoisotopic (exact) mass is 824 g/mol. The first-order chi connectivity index (χ1) is 29.2. The number of rotatable bonds is 47. The number of allylic oxidation sites excluding steroid dienone is 9. The van der Waals surface area contributed by atoms with Crippen LogP contribution in [0.15, 0.2) is 60.8 Å². The van der Waals surface area contributed by atoms with Gasteiger partial charge in [0.2, 0.25) is 5.91 Å². The molecule has 2 unspecified atom stereocenters. The quantitative estimate of drug-likeness (QED) is 0.0423. The number of carbonyl (C=O) groups is 1. The van der Waals surface area contributed by atoms with Crippen LogP contribution < -0.4 is 5.32 Å². The molecule has 0 aromatic rings. The molecule has 0 saturated heterocycles. The van der Waals surface area contributed by atoms with Crippen molar-refractivity contribution in [2.24, 2.45) is 0 Å². The molecule has 4 nitrogen and oxygen atoms in total. The summed E-state index contributed by atoms with van der Waals surface area (Å²) in [5, 5.41) is 23.1. The second kappa shape index (κ2) is 50.4. The van der Waals surface area contributed by atoms with Crippen molar-refractivity contribution in [2.75, 3.05) is 6.61 Å². The zero-order valence-corrected chi connectivity index (χ0v) is 39.5. The Labute approximate surface area is 368 Å². The van der Waals surface area contributed by atoms with Crippen LogP contribution in [0.3, 0.4) is 0 Å². The summed E-state index contributed by atoms with van der Waals surface area (Å²) in [6.07, 6.45) is 70.8. The van der Waals surface area contributed by atoms with E-state index >= 15 is 0 Å². The van der Waals surface area contributed by atoms with E-state index in [2.05, 4.69) is 67.8 Å². The van der Waals surface area contributed by atoms with Gasteiger partial charge in [-0.15, -0.1) is 0 Å². The van der Waals surface area contributed by atoms with Crippen molar-refractivity contribution in [1.29, 1.82) is 0 Å². The van der Waals surface area contributed by atoms with Crippen molar-refractivity contribution in [3.05, 3.63) is 60.8 Å². The van der Waals surface area contributed by atoms with E-state index in [0.29, 0.717) is 6.42 Å². The molecule has 0 aromatic carbocycles. The summed E-state index contributed by atoms with van der Waals surface area (Å²) in [5.41, 5.74) is 0. The van der Waals surface area contributed by atoms with E-state index in [1.165, 1.54) is 193 Å². The zero-order chi connectivity index (χ0) is 42.8. The topological polar surface area (TPSA) is 69.6 Å². The van der Waals surface area contributed by atoms with Crippen LogP contribution in [0.5, 0.6) is 0 Å². The fraction of sp³-hybridized carbons (Fsp3) is 0.800. The first-order valence-corrected chi connectivity index (χ1v) is 26.0. The van der Waals surface area contributed by atoms with Crippen molar-refractivity contribution < 1.29 is 15.0 Å². The Bertz CT molecular complexity index is 981. The summed E-state index contributed by atoms with van der Waals surface area (Å²) in [4.78, 5) is 12.4. The molecular weight excluding hydrogens is 723 g/mol. The maximum atomic E-state index is 12.4. The number of aliphatic hydroxyl groups is 2. The van der Waals surface area contributed by atoms with Crippen LogP contribution >= 0.6 is 0 Å². The minimum Gasteiger partial charge on any atom is -0.394 e. The Morgan fingerprint density at radius 2 is 0.746 bits per heavy atom. The summed E-state index contributed by atoms with van der Waals surface area (Å²) >= 11 is 0. The first-order valence-electron chi connectivity index (χ1n) is 26.0. The third-order valence-electron chi connectivity index (χ3n) is 11.8. The molecular formula is C55H101NO3. The molecule has 0 bridgehead atoms. The van der Waals surface area contributed by atoms with Gasteiger partial charge in [-0.3, -0.25) is 4.79 Å². The predicted octanol–water partition coefficient (Wildman–Crippen LogP) is 16.9. The number of unbranched alkanes of at least 4 members (excludes halogenated alkanes) is 32. The lowest BCUT2D eigenvalue weighted by atomic mass is 10.0. The Morgan fingerprint density at radius 3 is 1.12 bits per heavy atom. The second-order valence-electron chi connectivity index (χ2n) is 17.6. The van der Waals surface area contributed by atoms with Crippen LogP contribution in [0.1, 0.15) is 264 Å². The molecule has 59 heavy (non-hydrogen) atoms. The minimum atomic E-state index is -0.839. The lowest BCUT2D eigenvalue weighted by Gasteiger charge is -2.20. The SMILES string of the molecule is CC/C=C\C/C=C\C/C=C\C/C=C\CCCCCCCCCCCCCCCCCCCCC(=O)NC(CO)C(O)/C=C/CCCCCCCCCCCCCCCC. The Kier molecular flexibility index (Phi) is 48.8. The van der Waals surface area contributed by atoms with Crippen LogP contribution in [0.25, 0.3) is 0 Å². The van der Waals surface area contributed by atoms with Crippen LogP contribution in [0.4, 0.5) is 0 Å². The Hall–Kier alpha value is -1.91. The fourth-order valence-corrected chi connectivity index (χ4v) is 7.82. The highest BCUT2D eigenvalue weighted by Crippen LogP contribution is 2.16. The van der Waals surface area contributed by atoms with Gasteiger partial charge in [0.15, 0.2) is 0 Å². The highest BCUT2D eigenvalue weighted by molar-refractivity contribution is 5.76. The van der Waals surface area contributed by atoms with Crippen LogP contribution in [-0.4, -0.2) is 34.9 Å². The lowest BCUT2D eigenvalue weighted by molar-refractivity contribution is -0.123. The van der Waals surface area contributed by atoms with E-state index in [4.69, 9.17) is 0 Å². The molecule has 0 saturated carbocycles.